The van der Waals surface area contributed by atoms with Gasteiger partial charge in [0.1, 0.15) is 5.82 Å². The zero-order chi connectivity index (χ0) is 23.0. The first-order chi connectivity index (χ1) is 15.9. The number of imidazole rings is 1. The molecule has 0 saturated heterocycles. The maximum absolute atomic E-state index is 13.2. The number of hydrogen-bond donors (Lipinski definition) is 1. The Hall–Kier alpha value is -3.49. The van der Waals surface area contributed by atoms with Crippen molar-refractivity contribution in [3.63, 3.8) is 0 Å². The molecule has 8 heteroatoms. The Morgan fingerprint density at radius 3 is 2.55 bits per heavy atom. The van der Waals surface area contributed by atoms with Gasteiger partial charge in [-0.3, -0.25) is 4.79 Å². The monoisotopic (exact) mass is 460 g/mol. The van der Waals surface area contributed by atoms with Crippen molar-refractivity contribution in [3.05, 3.63) is 83.9 Å². The van der Waals surface area contributed by atoms with Gasteiger partial charge in [0, 0.05) is 25.7 Å². The van der Waals surface area contributed by atoms with Crippen molar-refractivity contribution >= 4 is 27.0 Å². The molecule has 5 rings (SSSR count). The molecule has 0 saturated carbocycles. The van der Waals surface area contributed by atoms with Gasteiger partial charge in [0.05, 0.1) is 22.5 Å². The second-order valence-electron chi connectivity index (χ2n) is 8.23. The molecule has 0 bridgehead atoms. The van der Waals surface area contributed by atoms with Crippen molar-refractivity contribution in [1.29, 1.82) is 0 Å². The summed E-state index contributed by atoms with van der Waals surface area (Å²) in [5, 5.41) is 0. The molecule has 1 aliphatic heterocycles. The van der Waals surface area contributed by atoms with E-state index in [1.54, 1.807) is 17.0 Å². The number of carbonyl (C=O) groups excluding carboxylic acids is 1. The van der Waals surface area contributed by atoms with E-state index in [1.807, 2.05) is 48.5 Å². The van der Waals surface area contributed by atoms with Gasteiger partial charge in [-0.1, -0.05) is 54.6 Å². The smallest absolute Gasteiger partial charge is 0.243 e. The largest absolute Gasteiger partial charge is 0.338 e. The molecule has 4 aromatic rings. The number of carbonyl (C=O) groups is 1. The first kappa shape index (κ1) is 21.4. The van der Waals surface area contributed by atoms with Gasteiger partial charge in [-0.2, -0.15) is 4.31 Å². The van der Waals surface area contributed by atoms with Gasteiger partial charge in [-0.25, -0.2) is 13.4 Å². The molecule has 3 aromatic carbocycles. The molecule has 1 N–H and O–H groups in total. The van der Waals surface area contributed by atoms with Crippen LogP contribution in [-0.4, -0.2) is 53.6 Å². The zero-order valence-electron chi connectivity index (χ0n) is 18.2. The Balaban J connectivity index is 1.34. The molecule has 1 aliphatic rings. The molecule has 0 unspecified atom stereocenters. The first-order valence-electron chi connectivity index (χ1n) is 10.8. The van der Waals surface area contributed by atoms with Crippen LogP contribution in [0.5, 0.6) is 0 Å². The van der Waals surface area contributed by atoms with Gasteiger partial charge in [0.15, 0.2) is 0 Å². The third-order valence-electron chi connectivity index (χ3n) is 6.05. The maximum Gasteiger partial charge on any atom is 0.243 e. The minimum Gasteiger partial charge on any atom is -0.338 e. The number of aromatic amines is 1. The molecule has 2 heterocycles. The highest BCUT2D eigenvalue weighted by molar-refractivity contribution is 7.89. The number of likely N-dealkylation sites (N-methyl/N-ethyl adjacent to an activating group) is 1. The van der Waals surface area contributed by atoms with E-state index >= 15 is 0 Å². The van der Waals surface area contributed by atoms with Crippen LogP contribution in [-0.2, 0) is 27.8 Å². The Labute approximate surface area is 192 Å². The van der Waals surface area contributed by atoms with E-state index in [1.165, 1.54) is 18.7 Å². The molecule has 0 aliphatic carbocycles. The number of nitrogens with zero attached hydrogens (tertiary/aromatic N) is 3. The lowest BCUT2D eigenvalue weighted by atomic mass is 10.00. The highest BCUT2D eigenvalue weighted by atomic mass is 32.2. The predicted molar refractivity (Wildman–Crippen MR) is 127 cm³/mol. The third kappa shape index (κ3) is 4.15. The summed E-state index contributed by atoms with van der Waals surface area (Å²) in [4.78, 5) is 22.5. The van der Waals surface area contributed by atoms with Gasteiger partial charge in [-0.15, -0.1) is 0 Å². The average molecular weight is 461 g/mol. The van der Waals surface area contributed by atoms with E-state index in [4.69, 9.17) is 0 Å². The highest BCUT2D eigenvalue weighted by Crippen LogP contribution is 2.24. The quantitative estimate of drug-likeness (QED) is 0.494. The van der Waals surface area contributed by atoms with Crippen LogP contribution in [0.1, 0.15) is 11.1 Å². The van der Waals surface area contributed by atoms with E-state index in [0.29, 0.717) is 29.9 Å². The number of aromatic nitrogens is 2. The number of rotatable bonds is 5. The minimum absolute atomic E-state index is 0.123. The maximum atomic E-state index is 13.2. The van der Waals surface area contributed by atoms with Crippen LogP contribution >= 0.6 is 0 Å². The summed E-state index contributed by atoms with van der Waals surface area (Å²) < 4.78 is 27.5. The predicted octanol–water partition coefficient (Wildman–Crippen LogP) is 3.44. The summed E-state index contributed by atoms with van der Waals surface area (Å²) in [6, 6.07) is 22.5. The summed E-state index contributed by atoms with van der Waals surface area (Å²) in [5.74, 6) is 0.471. The Bertz CT molecular complexity index is 1430. The summed E-state index contributed by atoms with van der Waals surface area (Å²) in [7, 11) is -2.40. The minimum atomic E-state index is -3.84. The fourth-order valence-electron chi connectivity index (χ4n) is 4.15. The van der Waals surface area contributed by atoms with E-state index in [-0.39, 0.29) is 17.3 Å². The van der Waals surface area contributed by atoms with Crippen molar-refractivity contribution in [2.24, 2.45) is 0 Å². The molecular weight excluding hydrogens is 436 g/mol. The SMILES string of the molecule is CN(CC(=O)N1CCc2ccccc2C1)S(=O)(=O)c1ccc2nc(-c3ccccc3)[nH]c2c1. The number of benzene rings is 3. The highest BCUT2D eigenvalue weighted by Gasteiger charge is 2.27. The molecule has 7 nitrogen and oxygen atoms in total. The first-order valence-corrected chi connectivity index (χ1v) is 12.2. The van der Waals surface area contributed by atoms with Gasteiger partial charge in [0.2, 0.25) is 15.9 Å². The van der Waals surface area contributed by atoms with E-state index in [2.05, 4.69) is 16.0 Å². The summed E-state index contributed by atoms with van der Waals surface area (Å²) in [6.45, 7) is 0.887. The van der Waals surface area contributed by atoms with Crippen molar-refractivity contribution in [3.8, 4) is 11.4 Å². The van der Waals surface area contributed by atoms with Gasteiger partial charge in [-0.05, 0) is 35.7 Å². The van der Waals surface area contributed by atoms with Gasteiger partial charge >= 0.3 is 0 Å². The Kier molecular flexibility index (Phi) is 5.47. The fourth-order valence-corrected chi connectivity index (χ4v) is 5.29. The topological polar surface area (TPSA) is 86.4 Å². The number of H-pyrrole nitrogens is 1. The molecular formula is C25H24N4O3S. The Morgan fingerprint density at radius 1 is 1.03 bits per heavy atom. The molecule has 33 heavy (non-hydrogen) atoms. The van der Waals surface area contributed by atoms with Crippen molar-refractivity contribution in [1.82, 2.24) is 19.2 Å². The lowest BCUT2D eigenvalue weighted by Gasteiger charge is -2.30. The second kappa shape index (κ2) is 8.46. The second-order valence-corrected chi connectivity index (χ2v) is 10.3. The molecule has 1 amide bonds. The summed E-state index contributed by atoms with van der Waals surface area (Å²) in [6.07, 6.45) is 0.776. The lowest BCUT2D eigenvalue weighted by molar-refractivity contribution is -0.132. The van der Waals surface area contributed by atoms with Gasteiger partial charge in [0.25, 0.3) is 0 Å². The van der Waals surface area contributed by atoms with Crippen molar-refractivity contribution < 1.29 is 13.2 Å². The number of sulfonamides is 1. The summed E-state index contributed by atoms with van der Waals surface area (Å²) >= 11 is 0. The molecule has 0 spiro atoms. The molecule has 168 valence electrons. The Morgan fingerprint density at radius 2 is 1.76 bits per heavy atom. The third-order valence-corrected chi connectivity index (χ3v) is 7.85. The molecule has 1 aromatic heterocycles. The lowest BCUT2D eigenvalue weighted by Crippen LogP contribution is -2.43. The zero-order valence-corrected chi connectivity index (χ0v) is 19.0. The van der Waals surface area contributed by atoms with Crippen LogP contribution in [0.4, 0.5) is 0 Å². The average Bonchev–Trinajstić information content (AvgIpc) is 3.28. The van der Waals surface area contributed by atoms with Crippen molar-refractivity contribution in [2.75, 3.05) is 20.1 Å². The van der Waals surface area contributed by atoms with E-state index < -0.39 is 10.0 Å². The van der Waals surface area contributed by atoms with Crippen LogP contribution in [0, 0.1) is 0 Å². The van der Waals surface area contributed by atoms with Crippen LogP contribution < -0.4 is 0 Å². The normalized spacial score (nSPS) is 13.9. The fraction of sp³-hybridized carbons (Fsp3) is 0.200. The number of fused-ring (bicyclic) bond motifs is 2. The van der Waals surface area contributed by atoms with E-state index in [0.717, 1.165) is 21.9 Å². The van der Waals surface area contributed by atoms with E-state index in [9.17, 15) is 13.2 Å². The van der Waals surface area contributed by atoms with Gasteiger partial charge < -0.3 is 9.88 Å². The standard InChI is InChI=1S/C25H24N4O3S/c1-28(17-24(30)29-14-13-18-7-5-6-10-20(18)16-29)33(31,32)21-11-12-22-23(15-21)27-25(26-22)19-8-3-2-4-9-19/h2-12,15H,13-14,16-17H2,1H3,(H,26,27). The van der Waals surface area contributed by atoms with Crippen LogP contribution in [0.15, 0.2) is 77.7 Å². The van der Waals surface area contributed by atoms with Crippen LogP contribution in [0.3, 0.4) is 0 Å². The molecule has 0 atom stereocenters. The number of hydrogen-bond acceptors (Lipinski definition) is 4. The number of nitrogens with one attached hydrogen (secondary N) is 1. The van der Waals surface area contributed by atoms with Crippen LogP contribution in [0.25, 0.3) is 22.4 Å². The number of amides is 1. The van der Waals surface area contributed by atoms with Crippen LogP contribution in [0.2, 0.25) is 0 Å². The molecule has 0 radical (unpaired) electrons. The van der Waals surface area contributed by atoms with Crippen molar-refractivity contribution in [2.45, 2.75) is 17.9 Å². The molecule has 0 fully saturated rings. The summed E-state index contributed by atoms with van der Waals surface area (Å²) in [5.41, 5.74) is 4.58.